The number of rotatable bonds is 3. The Balaban J connectivity index is 2.07. The molecule has 120 valence electrons. The van der Waals surface area contributed by atoms with Gasteiger partial charge in [-0.05, 0) is 25.9 Å². The van der Waals surface area contributed by atoms with Crippen LogP contribution in [-0.4, -0.2) is 40.1 Å². The van der Waals surface area contributed by atoms with E-state index in [1.165, 1.54) is 7.11 Å². The van der Waals surface area contributed by atoms with Gasteiger partial charge in [0.1, 0.15) is 22.9 Å². The lowest BCUT2D eigenvalue weighted by molar-refractivity contribution is -0.137. The first-order chi connectivity index (χ1) is 10.5. The lowest BCUT2D eigenvalue weighted by Gasteiger charge is -2.26. The van der Waals surface area contributed by atoms with Crippen LogP contribution in [0.1, 0.15) is 30.5 Å². The second-order valence-electron chi connectivity index (χ2n) is 5.42. The van der Waals surface area contributed by atoms with Crippen molar-refractivity contribution in [3.63, 3.8) is 0 Å². The zero-order chi connectivity index (χ0) is 15.7. The molecule has 0 aliphatic carbocycles. The van der Waals surface area contributed by atoms with Crippen molar-refractivity contribution in [3.05, 3.63) is 17.6 Å². The van der Waals surface area contributed by atoms with Gasteiger partial charge in [-0.25, -0.2) is 4.98 Å². The highest BCUT2D eigenvalue weighted by Gasteiger charge is 2.39. The lowest BCUT2D eigenvalue weighted by Crippen LogP contribution is -2.30. The van der Waals surface area contributed by atoms with Gasteiger partial charge in [0.15, 0.2) is 0 Å². The van der Waals surface area contributed by atoms with Gasteiger partial charge in [-0.2, -0.15) is 18.2 Å². The van der Waals surface area contributed by atoms with E-state index in [0.717, 1.165) is 38.7 Å². The zero-order valence-corrected chi connectivity index (χ0v) is 12.2. The molecule has 0 atom stereocenters. The number of ether oxygens (including phenoxy) is 1. The fraction of sp³-hybridized carbons (Fsp3) is 0.571. The van der Waals surface area contributed by atoms with E-state index in [9.17, 15) is 13.2 Å². The third-order valence-electron chi connectivity index (χ3n) is 3.93. The smallest absolute Gasteiger partial charge is 0.420 e. The molecule has 0 unspecified atom stereocenters. The normalized spacial score (nSPS) is 17.1. The van der Waals surface area contributed by atoms with Crippen LogP contribution in [0.4, 0.5) is 13.2 Å². The van der Waals surface area contributed by atoms with Gasteiger partial charge in [0, 0.05) is 12.2 Å². The highest BCUT2D eigenvalue weighted by Crippen LogP contribution is 2.39. The number of H-pyrrole nitrogens is 1. The minimum atomic E-state index is -4.47. The summed E-state index contributed by atoms with van der Waals surface area (Å²) in [5.41, 5.74) is -0.521. The molecular formula is C14H17F3N4O. The molecule has 2 aromatic rings. The van der Waals surface area contributed by atoms with Crippen molar-refractivity contribution >= 4 is 11.0 Å². The molecule has 0 saturated carbocycles. The number of hydrogen-bond acceptors (Lipinski definition) is 4. The van der Waals surface area contributed by atoms with Gasteiger partial charge in [-0.3, -0.25) is 4.90 Å². The van der Waals surface area contributed by atoms with Gasteiger partial charge < -0.3 is 9.72 Å². The van der Waals surface area contributed by atoms with Crippen LogP contribution in [0.3, 0.4) is 0 Å². The lowest BCUT2D eigenvalue weighted by atomic mass is 10.1. The summed E-state index contributed by atoms with van der Waals surface area (Å²) in [5, 5.41) is 0. The number of nitrogens with one attached hydrogen (secondary N) is 1. The van der Waals surface area contributed by atoms with Crippen LogP contribution in [0.15, 0.2) is 6.33 Å². The molecule has 1 N–H and O–H groups in total. The Labute approximate surface area is 125 Å². The van der Waals surface area contributed by atoms with Crippen molar-refractivity contribution in [1.29, 1.82) is 0 Å². The SMILES string of the molecule is COc1ncnc2c(C(F)(F)F)c(CN3CCCCC3)[nH]c12. The largest absolute Gasteiger partial charge is 0.479 e. The maximum atomic E-state index is 13.5. The first-order valence-corrected chi connectivity index (χ1v) is 7.20. The molecule has 3 rings (SSSR count). The summed E-state index contributed by atoms with van der Waals surface area (Å²) in [6.45, 7) is 1.86. The van der Waals surface area contributed by atoms with E-state index < -0.39 is 11.7 Å². The Bertz CT molecular complexity index is 662. The van der Waals surface area contributed by atoms with E-state index in [1.807, 2.05) is 4.90 Å². The molecule has 1 aliphatic rings. The Kier molecular flexibility index (Phi) is 3.94. The number of likely N-dealkylation sites (tertiary alicyclic amines) is 1. The number of hydrogen-bond donors (Lipinski definition) is 1. The van der Waals surface area contributed by atoms with Crippen LogP contribution >= 0.6 is 0 Å². The predicted octanol–water partition coefficient (Wildman–Crippen LogP) is 2.97. The van der Waals surface area contributed by atoms with Crippen molar-refractivity contribution in [3.8, 4) is 5.88 Å². The molecule has 22 heavy (non-hydrogen) atoms. The number of methoxy groups -OCH3 is 1. The van der Waals surface area contributed by atoms with Gasteiger partial charge in [-0.15, -0.1) is 0 Å². The van der Waals surface area contributed by atoms with Crippen LogP contribution in [-0.2, 0) is 12.7 Å². The predicted molar refractivity (Wildman–Crippen MR) is 74.6 cm³/mol. The Morgan fingerprint density at radius 2 is 1.95 bits per heavy atom. The third kappa shape index (κ3) is 2.75. The van der Waals surface area contributed by atoms with E-state index in [2.05, 4.69) is 15.0 Å². The van der Waals surface area contributed by atoms with Gasteiger partial charge in [0.2, 0.25) is 5.88 Å². The van der Waals surface area contributed by atoms with E-state index >= 15 is 0 Å². The van der Waals surface area contributed by atoms with E-state index in [4.69, 9.17) is 4.74 Å². The summed E-state index contributed by atoms with van der Waals surface area (Å²) < 4.78 is 45.4. The number of fused-ring (bicyclic) bond motifs is 1. The molecule has 3 heterocycles. The van der Waals surface area contributed by atoms with E-state index in [0.29, 0.717) is 0 Å². The third-order valence-corrected chi connectivity index (χ3v) is 3.93. The minimum absolute atomic E-state index is 0.125. The van der Waals surface area contributed by atoms with Crippen molar-refractivity contribution in [2.75, 3.05) is 20.2 Å². The maximum absolute atomic E-state index is 13.5. The molecule has 0 amide bonds. The second-order valence-corrected chi connectivity index (χ2v) is 5.42. The summed E-state index contributed by atoms with van der Waals surface area (Å²) in [6, 6.07) is 0. The Morgan fingerprint density at radius 1 is 1.23 bits per heavy atom. The van der Waals surface area contributed by atoms with Crippen LogP contribution in [0.5, 0.6) is 5.88 Å². The monoisotopic (exact) mass is 314 g/mol. The number of aromatic nitrogens is 3. The number of piperidine rings is 1. The van der Waals surface area contributed by atoms with Gasteiger partial charge in [-0.1, -0.05) is 6.42 Å². The molecule has 0 radical (unpaired) electrons. The fourth-order valence-corrected chi connectivity index (χ4v) is 2.95. The van der Waals surface area contributed by atoms with Crippen molar-refractivity contribution in [2.24, 2.45) is 0 Å². The highest BCUT2D eigenvalue weighted by atomic mass is 19.4. The first kappa shape index (κ1) is 15.1. The number of nitrogens with zero attached hydrogens (tertiary/aromatic N) is 3. The minimum Gasteiger partial charge on any atom is -0.479 e. The summed E-state index contributed by atoms with van der Waals surface area (Å²) in [6.07, 6.45) is -0.207. The average Bonchev–Trinajstić information content (AvgIpc) is 2.86. The van der Waals surface area contributed by atoms with Crippen LogP contribution in [0.2, 0.25) is 0 Å². The topological polar surface area (TPSA) is 54.0 Å². The van der Waals surface area contributed by atoms with Crippen molar-refractivity contribution in [1.82, 2.24) is 19.9 Å². The first-order valence-electron chi connectivity index (χ1n) is 7.20. The molecular weight excluding hydrogens is 297 g/mol. The highest BCUT2D eigenvalue weighted by molar-refractivity contribution is 5.85. The van der Waals surface area contributed by atoms with Gasteiger partial charge in [0.25, 0.3) is 0 Å². The quantitative estimate of drug-likeness (QED) is 0.946. The molecule has 0 aromatic carbocycles. The van der Waals surface area contributed by atoms with Crippen LogP contribution in [0, 0.1) is 0 Å². The maximum Gasteiger partial charge on any atom is 0.420 e. The zero-order valence-electron chi connectivity index (χ0n) is 12.2. The van der Waals surface area contributed by atoms with Crippen LogP contribution in [0.25, 0.3) is 11.0 Å². The molecule has 1 saturated heterocycles. The standard InChI is InChI=1S/C14H17F3N4O/c1-22-13-12-11(18-8-19-13)10(14(15,16)17)9(20-12)7-21-5-3-2-4-6-21/h8,20H,2-7H2,1H3. The summed E-state index contributed by atoms with van der Waals surface area (Å²) in [5.74, 6) is 0.125. The van der Waals surface area contributed by atoms with Crippen molar-refractivity contribution in [2.45, 2.75) is 32.0 Å². The average molecular weight is 314 g/mol. The van der Waals surface area contributed by atoms with E-state index in [1.54, 1.807) is 0 Å². The second kappa shape index (κ2) is 5.75. The number of alkyl halides is 3. The fourth-order valence-electron chi connectivity index (χ4n) is 2.95. The van der Waals surface area contributed by atoms with Gasteiger partial charge >= 0.3 is 6.18 Å². The molecule has 8 heteroatoms. The molecule has 2 aromatic heterocycles. The summed E-state index contributed by atoms with van der Waals surface area (Å²) in [7, 11) is 1.38. The molecule has 0 spiro atoms. The molecule has 5 nitrogen and oxygen atoms in total. The summed E-state index contributed by atoms with van der Waals surface area (Å²) >= 11 is 0. The summed E-state index contributed by atoms with van der Waals surface area (Å²) in [4.78, 5) is 12.5. The van der Waals surface area contributed by atoms with Crippen LogP contribution < -0.4 is 4.74 Å². The number of halogens is 3. The number of aromatic amines is 1. The Morgan fingerprint density at radius 3 is 2.59 bits per heavy atom. The molecule has 1 fully saturated rings. The van der Waals surface area contributed by atoms with Gasteiger partial charge in [0.05, 0.1) is 7.11 Å². The van der Waals surface area contributed by atoms with Crippen molar-refractivity contribution < 1.29 is 17.9 Å². The molecule has 0 bridgehead atoms. The molecule has 1 aliphatic heterocycles. The Hall–Kier alpha value is -1.83. The van der Waals surface area contributed by atoms with E-state index in [-0.39, 0.29) is 29.2 Å².